The van der Waals surface area contributed by atoms with Gasteiger partial charge in [-0.2, -0.15) is 5.10 Å². The number of carbonyl (C=O) groups is 1. The van der Waals surface area contributed by atoms with Gasteiger partial charge in [0.25, 0.3) is 5.91 Å². The smallest absolute Gasteiger partial charge is 0.261 e. The number of ether oxygens (including phenoxy) is 1. The summed E-state index contributed by atoms with van der Waals surface area (Å²) in [5.41, 5.74) is 3.40. The van der Waals surface area contributed by atoms with E-state index in [4.69, 9.17) is 4.74 Å². The van der Waals surface area contributed by atoms with E-state index in [1.807, 2.05) is 23.4 Å². The number of methoxy groups -OCH3 is 1. The molecule has 2 aromatic rings. The van der Waals surface area contributed by atoms with E-state index in [1.54, 1.807) is 17.9 Å². The van der Waals surface area contributed by atoms with Gasteiger partial charge in [0.2, 0.25) is 5.88 Å². The van der Waals surface area contributed by atoms with Crippen LogP contribution in [-0.2, 0) is 16.9 Å². The van der Waals surface area contributed by atoms with Crippen molar-refractivity contribution in [1.29, 1.82) is 0 Å². The van der Waals surface area contributed by atoms with Gasteiger partial charge in [-0.3, -0.25) is 14.2 Å². The third kappa shape index (κ3) is 3.66. The Kier molecular flexibility index (Phi) is 5.25. The predicted octanol–water partition coefficient (Wildman–Crippen LogP) is 0.564. The average Bonchev–Trinajstić information content (AvgIpc) is 3.35. The summed E-state index contributed by atoms with van der Waals surface area (Å²) in [6.45, 7) is 6.49. The van der Waals surface area contributed by atoms with Crippen molar-refractivity contribution in [3.05, 3.63) is 23.1 Å². The second kappa shape index (κ2) is 7.60. The largest absolute Gasteiger partial charge is 0.479 e. The first-order valence-electron chi connectivity index (χ1n) is 10.1. The van der Waals surface area contributed by atoms with E-state index in [9.17, 15) is 13.2 Å². The van der Waals surface area contributed by atoms with Crippen LogP contribution in [0.15, 0.2) is 6.20 Å². The van der Waals surface area contributed by atoms with E-state index >= 15 is 0 Å². The van der Waals surface area contributed by atoms with Crippen LogP contribution in [0.25, 0.3) is 0 Å². The van der Waals surface area contributed by atoms with E-state index in [2.05, 4.69) is 15.1 Å². The third-order valence-corrected chi connectivity index (χ3v) is 7.69. The lowest BCUT2D eigenvalue weighted by Crippen LogP contribution is -2.49. The molecule has 0 N–H and O–H groups in total. The maximum Gasteiger partial charge on any atom is 0.261 e. The van der Waals surface area contributed by atoms with Gasteiger partial charge in [-0.25, -0.2) is 8.42 Å². The fourth-order valence-corrected chi connectivity index (χ4v) is 6.20. The summed E-state index contributed by atoms with van der Waals surface area (Å²) in [4.78, 5) is 17.0. The molecular weight excluding hydrogens is 408 g/mol. The van der Waals surface area contributed by atoms with E-state index in [1.165, 1.54) is 7.11 Å². The summed E-state index contributed by atoms with van der Waals surface area (Å²) in [7, 11) is 0.298. The van der Waals surface area contributed by atoms with E-state index < -0.39 is 9.84 Å². The molecule has 4 heterocycles. The molecule has 0 bridgehead atoms. The topological polar surface area (TPSA) is 103 Å². The van der Waals surface area contributed by atoms with Crippen LogP contribution >= 0.6 is 0 Å². The summed E-state index contributed by atoms with van der Waals surface area (Å²) < 4.78 is 32.4. The van der Waals surface area contributed by atoms with Gasteiger partial charge in [0, 0.05) is 39.4 Å². The number of anilines is 1. The molecule has 2 aliphatic rings. The van der Waals surface area contributed by atoms with Crippen LogP contribution in [0, 0.1) is 13.8 Å². The third-order valence-electron chi connectivity index (χ3n) is 5.94. The van der Waals surface area contributed by atoms with Crippen molar-refractivity contribution in [2.75, 3.05) is 49.7 Å². The number of sulfone groups is 1. The lowest BCUT2D eigenvalue weighted by Gasteiger charge is -2.36. The van der Waals surface area contributed by atoms with Crippen molar-refractivity contribution >= 4 is 21.4 Å². The van der Waals surface area contributed by atoms with Gasteiger partial charge in [0.15, 0.2) is 9.84 Å². The maximum atomic E-state index is 12.9. The highest BCUT2D eigenvalue weighted by atomic mass is 32.2. The lowest BCUT2D eigenvalue weighted by molar-refractivity contribution is 0.0743. The number of hydrogen-bond donors (Lipinski definition) is 0. The SMILES string of the molecule is COc1nn(C)cc1C(=O)N1CCN(c2c(C)nn(C3CCS(=O)(=O)C3)c2C)CC1. The number of hydrogen-bond acceptors (Lipinski definition) is 7. The summed E-state index contributed by atoms with van der Waals surface area (Å²) >= 11 is 0. The number of nitrogens with zero attached hydrogens (tertiary/aromatic N) is 6. The number of piperazine rings is 1. The average molecular weight is 437 g/mol. The molecule has 164 valence electrons. The number of aromatic nitrogens is 4. The number of rotatable bonds is 4. The Morgan fingerprint density at radius 2 is 1.87 bits per heavy atom. The van der Waals surface area contributed by atoms with Gasteiger partial charge in [0.1, 0.15) is 5.56 Å². The number of amides is 1. The highest BCUT2D eigenvalue weighted by Crippen LogP contribution is 2.32. The van der Waals surface area contributed by atoms with Crippen LogP contribution in [0.5, 0.6) is 5.88 Å². The summed E-state index contributed by atoms with van der Waals surface area (Å²) in [6, 6.07) is -0.0941. The van der Waals surface area contributed by atoms with E-state index in [0.717, 1.165) is 17.1 Å². The van der Waals surface area contributed by atoms with Crippen molar-refractivity contribution in [2.45, 2.75) is 26.3 Å². The fourth-order valence-electron chi connectivity index (χ4n) is 4.50. The predicted molar refractivity (Wildman–Crippen MR) is 112 cm³/mol. The first-order valence-corrected chi connectivity index (χ1v) is 11.9. The highest BCUT2D eigenvalue weighted by Gasteiger charge is 2.33. The lowest BCUT2D eigenvalue weighted by atomic mass is 10.2. The molecule has 0 radical (unpaired) electrons. The molecule has 0 saturated carbocycles. The normalized spacial score (nSPS) is 21.3. The Bertz CT molecular complexity index is 1070. The Hall–Kier alpha value is -2.56. The van der Waals surface area contributed by atoms with Crippen molar-refractivity contribution in [1.82, 2.24) is 24.5 Å². The van der Waals surface area contributed by atoms with E-state index in [-0.39, 0.29) is 23.5 Å². The summed E-state index contributed by atoms with van der Waals surface area (Å²) in [5.74, 6) is 0.636. The molecule has 1 atom stereocenters. The zero-order valence-corrected chi connectivity index (χ0v) is 18.6. The molecule has 2 aliphatic heterocycles. The molecule has 1 unspecified atom stereocenters. The van der Waals surface area contributed by atoms with E-state index in [0.29, 0.717) is 44.0 Å². The highest BCUT2D eigenvalue weighted by molar-refractivity contribution is 7.91. The van der Waals surface area contributed by atoms with Gasteiger partial charge < -0.3 is 14.5 Å². The molecule has 0 aromatic carbocycles. The van der Waals surface area contributed by atoms with Gasteiger partial charge in [-0.15, -0.1) is 5.10 Å². The van der Waals surface area contributed by atoms with Gasteiger partial charge >= 0.3 is 0 Å². The Morgan fingerprint density at radius 1 is 1.17 bits per heavy atom. The van der Waals surface area contributed by atoms with Gasteiger partial charge in [-0.1, -0.05) is 0 Å². The molecule has 30 heavy (non-hydrogen) atoms. The zero-order valence-electron chi connectivity index (χ0n) is 17.8. The van der Waals surface area contributed by atoms with Crippen molar-refractivity contribution in [3.8, 4) is 5.88 Å². The summed E-state index contributed by atoms with van der Waals surface area (Å²) in [5, 5.41) is 8.83. The minimum atomic E-state index is -2.97. The van der Waals surface area contributed by atoms with Crippen LogP contribution in [0.2, 0.25) is 0 Å². The van der Waals surface area contributed by atoms with Gasteiger partial charge in [0.05, 0.1) is 41.7 Å². The van der Waals surface area contributed by atoms with Gasteiger partial charge in [-0.05, 0) is 20.3 Å². The second-order valence-corrected chi connectivity index (χ2v) is 10.3. The standard InChI is InChI=1S/C19H28N6O4S/c1-13-17(14(2)25(20-13)15-5-10-30(27,28)12-15)23-6-8-24(9-7-23)19(26)16-11-22(3)21-18(16)29-4/h11,15H,5-10,12H2,1-4H3. The van der Waals surface area contributed by atoms with Crippen LogP contribution < -0.4 is 9.64 Å². The van der Waals surface area contributed by atoms with Crippen LogP contribution in [0.4, 0.5) is 5.69 Å². The van der Waals surface area contributed by atoms with Crippen LogP contribution in [-0.4, -0.2) is 83.6 Å². The zero-order chi connectivity index (χ0) is 21.6. The molecule has 0 spiro atoms. The molecule has 1 amide bonds. The molecular formula is C19H28N6O4S. The molecule has 4 rings (SSSR count). The first kappa shape index (κ1) is 20.7. The molecule has 2 saturated heterocycles. The monoisotopic (exact) mass is 436 g/mol. The van der Waals surface area contributed by atoms with Crippen LogP contribution in [0.1, 0.15) is 34.2 Å². The van der Waals surface area contributed by atoms with Crippen LogP contribution in [0.3, 0.4) is 0 Å². The summed E-state index contributed by atoms with van der Waals surface area (Å²) in [6.07, 6.45) is 2.29. The Morgan fingerprint density at radius 3 is 2.47 bits per heavy atom. The molecule has 0 aliphatic carbocycles. The first-order chi connectivity index (χ1) is 14.2. The quantitative estimate of drug-likeness (QED) is 0.690. The molecule has 10 nitrogen and oxygen atoms in total. The molecule has 2 fully saturated rings. The Labute approximate surface area is 176 Å². The van der Waals surface area contributed by atoms with Crippen molar-refractivity contribution in [2.24, 2.45) is 7.05 Å². The molecule has 2 aromatic heterocycles. The van der Waals surface area contributed by atoms with Crippen molar-refractivity contribution < 1.29 is 17.9 Å². The maximum absolute atomic E-state index is 12.9. The molecule has 11 heteroatoms. The van der Waals surface area contributed by atoms with Crippen molar-refractivity contribution in [3.63, 3.8) is 0 Å². The second-order valence-electron chi connectivity index (χ2n) is 8.03. The minimum Gasteiger partial charge on any atom is -0.479 e. The minimum absolute atomic E-state index is 0.0834. The number of aryl methyl sites for hydroxylation is 2. The fraction of sp³-hybridized carbons (Fsp3) is 0.632. The number of carbonyl (C=O) groups excluding carboxylic acids is 1. The Balaban J connectivity index is 1.47.